The molecule has 0 radical (unpaired) electrons. The van der Waals surface area contributed by atoms with E-state index in [-0.39, 0.29) is 0 Å². The van der Waals surface area contributed by atoms with Gasteiger partial charge in [-0.3, -0.25) is 0 Å². The summed E-state index contributed by atoms with van der Waals surface area (Å²) in [4.78, 5) is 0. The molecule has 0 aromatic carbocycles. The predicted octanol–water partition coefficient (Wildman–Crippen LogP) is 2.94. The molecular formula is C11H14IN3OS. The quantitative estimate of drug-likeness (QED) is 0.830. The number of halogens is 1. The molecule has 0 spiro atoms. The Hall–Kier alpha value is -0.470. The van der Waals surface area contributed by atoms with Crippen LogP contribution in [0.1, 0.15) is 19.7 Å². The van der Waals surface area contributed by atoms with Gasteiger partial charge in [-0.2, -0.15) is 0 Å². The molecule has 0 unspecified atom stereocenters. The molecule has 2 aromatic rings. The molecule has 0 aliphatic heterocycles. The lowest BCUT2D eigenvalue weighted by Crippen LogP contribution is -2.25. The zero-order chi connectivity index (χ0) is 12.3. The van der Waals surface area contributed by atoms with Gasteiger partial charge in [-0.05, 0) is 28.7 Å². The molecular weight excluding hydrogens is 349 g/mol. The van der Waals surface area contributed by atoms with Crippen molar-refractivity contribution in [1.29, 1.82) is 0 Å². The summed E-state index contributed by atoms with van der Waals surface area (Å²) in [6.07, 6.45) is 0.770. The van der Waals surface area contributed by atoms with Crippen LogP contribution in [0, 0.1) is 2.88 Å². The Morgan fingerprint density at radius 1 is 1.47 bits per heavy atom. The second kappa shape index (κ2) is 5.92. The number of hydrogen-bond donors (Lipinski definition) is 1. The number of aromatic nitrogens is 2. The first kappa shape index (κ1) is 13.0. The molecule has 0 saturated carbocycles. The lowest BCUT2D eigenvalue weighted by Gasteiger charge is -2.04. The largest absolute Gasteiger partial charge is 0.421 e. The van der Waals surface area contributed by atoms with Gasteiger partial charge in [-0.1, -0.05) is 13.8 Å². The highest BCUT2D eigenvalue weighted by atomic mass is 127. The fraction of sp³-hybridized carbons (Fsp3) is 0.455. The molecule has 0 saturated heterocycles. The summed E-state index contributed by atoms with van der Waals surface area (Å²) in [6.45, 7) is 5.10. The maximum atomic E-state index is 5.61. The van der Waals surface area contributed by atoms with Crippen LogP contribution >= 0.6 is 33.9 Å². The number of thiophene rings is 1. The van der Waals surface area contributed by atoms with Crippen molar-refractivity contribution in [2.45, 2.75) is 26.3 Å². The highest BCUT2D eigenvalue weighted by Gasteiger charge is 2.09. The van der Waals surface area contributed by atoms with Gasteiger partial charge < -0.3 is 9.73 Å². The molecule has 92 valence electrons. The van der Waals surface area contributed by atoms with Crippen LogP contribution < -0.4 is 5.32 Å². The molecule has 2 heterocycles. The molecule has 2 aromatic heterocycles. The van der Waals surface area contributed by atoms with Gasteiger partial charge in [0.25, 0.3) is 0 Å². The fourth-order valence-corrected chi connectivity index (χ4v) is 2.68. The second-order valence-corrected chi connectivity index (χ2v) is 6.80. The summed E-state index contributed by atoms with van der Waals surface area (Å²) < 4.78 is 6.83. The first-order valence-corrected chi connectivity index (χ1v) is 7.41. The summed E-state index contributed by atoms with van der Waals surface area (Å²) in [5.41, 5.74) is 1.01. The highest BCUT2D eigenvalue weighted by molar-refractivity contribution is 14.1. The van der Waals surface area contributed by atoms with E-state index >= 15 is 0 Å². The zero-order valence-corrected chi connectivity index (χ0v) is 12.7. The maximum absolute atomic E-state index is 5.61. The minimum absolute atomic E-state index is 0.482. The molecule has 6 heteroatoms. The molecule has 0 aliphatic carbocycles. The molecule has 17 heavy (non-hydrogen) atoms. The van der Waals surface area contributed by atoms with Crippen molar-refractivity contribution >= 4 is 33.9 Å². The zero-order valence-electron chi connectivity index (χ0n) is 9.74. The molecule has 2 rings (SSSR count). The van der Waals surface area contributed by atoms with Crippen LogP contribution in [-0.4, -0.2) is 22.8 Å². The number of nitrogens with one attached hydrogen (secondary N) is 1. The average Bonchev–Trinajstić information content (AvgIpc) is 2.86. The van der Waals surface area contributed by atoms with Gasteiger partial charge in [0.15, 0.2) is 0 Å². The first-order valence-electron chi connectivity index (χ1n) is 5.45. The first-order chi connectivity index (χ1) is 8.15. The Morgan fingerprint density at radius 2 is 2.29 bits per heavy atom. The topological polar surface area (TPSA) is 51.0 Å². The normalized spacial score (nSPS) is 11.3. The van der Waals surface area contributed by atoms with Crippen molar-refractivity contribution in [3.8, 4) is 11.5 Å². The summed E-state index contributed by atoms with van der Waals surface area (Å²) in [5.74, 6) is 1.30. The van der Waals surface area contributed by atoms with Crippen molar-refractivity contribution in [3.63, 3.8) is 0 Å². The van der Waals surface area contributed by atoms with Crippen LogP contribution in [0.15, 0.2) is 15.9 Å². The summed E-state index contributed by atoms with van der Waals surface area (Å²) in [7, 11) is 0. The Bertz CT molecular complexity index is 481. The summed E-state index contributed by atoms with van der Waals surface area (Å²) in [6, 6.07) is 2.53. The van der Waals surface area contributed by atoms with Gasteiger partial charge >= 0.3 is 0 Å². The number of hydrogen-bond acceptors (Lipinski definition) is 5. The van der Waals surface area contributed by atoms with Crippen LogP contribution in [0.5, 0.6) is 0 Å². The Labute approximate surface area is 118 Å². The van der Waals surface area contributed by atoms with Crippen molar-refractivity contribution < 1.29 is 4.42 Å². The third-order valence-corrected chi connectivity index (χ3v) is 3.96. The van der Waals surface area contributed by atoms with Crippen LogP contribution in [0.25, 0.3) is 11.5 Å². The van der Waals surface area contributed by atoms with Crippen LogP contribution in [0.3, 0.4) is 0 Å². The lowest BCUT2D eigenvalue weighted by molar-refractivity contribution is 0.484. The minimum atomic E-state index is 0.482. The van der Waals surface area contributed by atoms with Crippen LogP contribution in [0.2, 0.25) is 0 Å². The molecule has 0 fully saturated rings. The van der Waals surface area contributed by atoms with E-state index in [1.807, 2.05) is 5.38 Å². The third kappa shape index (κ3) is 3.75. The Morgan fingerprint density at radius 3 is 2.94 bits per heavy atom. The Kier molecular flexibility index (Phi) is 4.52. The van der Waals surface area contributed by atoms with Crippen molar-refractivity contribution in [2.24, 2.45) is 0 Å². The molecule has 4 nitrogen and oxygen atoms in total. The smallest absolute Gasteiger partial charge is 0.248 e. The number of nitrogens with zero attached hydrogens (tertiary/aromatic N) is 2. The fourth-order valence-electron chi connectivity index (χ4n) is 1.36. The van der Waals surface area contributed by atoms with E-state index in [4.69, 9.17) is 4.42 Å². The molecule has 1 N–H and O–H groups in total. The monoisotopic (exact) mass is 363 g/mol. The van der Waals surface area contributed by atoms with Gasteiger partial charge in [-0.25, -0.2) is 0 Å². The summed E-state index contributed by atoms with van der Waals surface area (Å²) in [5, 5.41) is 13.5. The summed E-state index contributed by atoms with van der Waals surface area (Å²) >= 11 is 3.96. The van der Waals surface area contributed by atoms with Gasteiger partial charge in [0.2, 0.25) is 11.8 Å². The molecule has 0 amide bonds. The maximum Gasteiger partial charge on any atom is 0.248 e. The predicted molar refractivity (Wildman–Crippen MR) is 77.2 cm³/mol. The van der Waals surface area contributed by atoms with Gasteiger partial charge in [-0.15, -0.1) is 21.5 Å². The van der Waals surface area contributed by atoms with E-state index in [2.05, 4.69) is 58.0 Å². The van der Waals surface area contributed by atoms with E-state index in [1.165, 1.54) is 2.88 Å². The SMILES string of the molecule is CC(C)NCCc1nnc(-c2csc(I)c2)o1. The minimum Gasteiger partial charge on any atom is -0.421 e. The number of rotatable bonds is 5. The van der Waals surface area contributed by atoms with Gasteiger partial charge in [0.05, 0.1) is 8.45 Å². The third-order valence-electron chi connectivity index (χ3n) is 2.17. The average molecular weight is 363 g/mol. The van der Waals surface area contributed by atoms with Crippen LogP contribution in [0.4, 0.5) is 0 Å². The Balaban J connectivity index is 1.96. The van der Waals surface area contributed by atoms with Crippen molar-refractivity contribution in [2.75, 3.05) is 6.54 Å². The van der Waals surface area contributed by atoms with Gasteiger partial charge in [0, 0.05) is 24.4 Å². The van der Waals surface area contributed by atoms with Gasteiger partial charge in [0.1, 0.15) is 0 Å². The molecule has 0 aliphatic rings. The van der Waals surface area contributed by atoms with E-state index in [0.717, 1.165) is 18.5 Å². The lowest BCUT2D eigenvalue weighted by atomic mass is 10.3. The van der Waals surface area contributed by atoms with E-state index in [9.17, 15) is 0 Å². The standard InChI is InChI=1S/C11H14IN3OS/c1-7(2)13-4-3-10-14-15-11(16-10)8-5-9(12)17-6-8/h5-7,13H,3-4H2,1-2H3. The van der Waals surface area contributed by atoms with Crippen molar-refractivity contribution in [1.82, 2.24) is 15.5 Å². The van der Waals surface area contributed by atoms with E-state index < -0.39 is 0 Å². The highest BCUT2D eigenvalue weighted by Crippen LogP contribution is 2.25. The van der Waals surface area contributed by atoms with E-state index in [1.54, 1.807) is 11.3 Å². The molecule has 0 atom stereocenters. The molecule has 0 bridgehead atoms. The second-order valence-electron chi connectivity index (χ2n) is 4.00. The van der Waals surface area contributed by atoms with Crippen molar-refractivity contribution in [3.05, 3.63) is 20.2 Å². The van der Waals surface area contributed by atoms with E-state index in [0.29, 0.717) is 17.8 Å². The van der Waals surface area contributed by atoms with Crippen LogP contribution in [-0.2, 0) is 6.42 Å².